The molecule has 2 N–H and O–H groups in total. The molecular formula is C17H23N5O. The van der Waals surface area contributed by atoms with Gasteiger partial charge in [0.15, 0.2) is 5.82 Å². The third-order valence-electron chi connectivity index (χ3n) is 4.10. The predicted octanol–water partition coefficient (Wildman–Crippen LogP) is 2.25. The Morgan fingerprint density at radius 1 is 1.35 bits per heavy atom. The molecule has 1 unspecified atom stereocenters. The lowest BCUT2D eigenvalue weighted by Gasteiger charge is -2.14. The van der Waals surface area contributed by atoms with Crippen LogP contribution in [0.25, 0.3) is 0 Å². The van der Waals surface area contributed by atoms with Gasteiger partial charge in [0.25, 0.3) is 0 Å². The van der Waals surface area contributed by atoms with Crippen molar-refractivity contribution < 1.29 is 4.79 Å². The van der Waals surface area contributed by atoms with Gasteiger partial charge >= 0.3 is 6.03 Å². The monoisotopic (exact) mass is 313 g/mol. The summed E-state index contributed by atoms with van der Waals surface area (Å²) in [6, 6.07) is 9.97. The lowest BCUT2D eigenvalue weighted by Crippen LogP contribution is -2.31. The molecule has 1 aromatic heterocycles. The Morgan fingerprint density at radius 3 is 3.00 bits per heavy atom. The normalized spacial score (nSPS) is 16.4. The maximum absolute atomic E-state index is 12.2. The number of carbonyl (C=O) groups is 1. The fourth-order valence-electron chi connectivity index (χ4n) is 2.87. The van der Waals surface area contributed by atoms with Crippen LogP contribution in [-0.4, -0.2) is 41.4 Å². The van der Waals surface area contributed by atoms with Crippen molar-refractivity contribution in [3.63, 3.8) is 0 Å². The van der Waals surface area contributed by atoms with Crippen molar-refractivity contribution in [3.05, 3.63) is 47.7 Å². The summed E-state index contributed by atoms with van der Waals surface area (Å²) in [6.07, 6.45) is 3.84. The molecule has 6 heteroatoms. The van der Waals surface area contributed by atoms with Gasteiger partial charge in [-0.1, -0.05) is 24.3 Å². The molecule has 0 bridgehead atoms. The molecule has 1 aliphatic rings. The van der Waals surface area contributed by atoms with E-state index in [0.717, 1.165) is 25.9 Å². The van der Waals surface area contributed by atoms with Crippen molar-refractivity contribution in [2.45, 2.75) is 25.4 Å². The quantitative estimate of drug-likeness (QED) is 0.890. The molecule has 1 aliphatic carbocycles. The van der Waals surface area contributed by atoms with Gasteiger partial charge in [-0.15, -0.1) is 0 Å². The molecule has 6 nitrogen and oxygen atoms in total. The first-order chi connectivity index (χ1) is 11.1. The van der Waals surface area contributed by atoms with Crippen molar-refractivity contribution in [3.8, 4) is 0 Å². The molecule has 1 heterocycles. The average molecular weight is 313 g/mol. The van der Waals surface area contributed by atoms with Crippen molar-refractivity contribution in [1.29, 1.82) is 0 Å². The van der Waals surface area contributed by atoms with Gasteiger partial charge in [-0.25, -0.2) is 4.79 Å². The van der Waals surface area contributed by atoms with Gasteiger partial charge in [0.05, 0.1) is 12.6 Å². The fraction of sp³-hybridized carbons (Fsp3) is 0.412. The Labute approximate surface area is 136 Å². The number of amides is 2. The molecule has 2 aromatic rings. The van der Waals surface area contributed by atoms with Crippen molar-refractivity contribution in [1.82, 2.24) is 20.0 Å². The average Bonchev–Trinajstić information content (AvgIpc) is 3.13. The van der Waals surface area contributed by atoms with Crippen LogP contribution in [0.2, 0.25) is 0 Å². The summed E-state index contributed by atoms with van der Waals surface area (Å²) in [4.78, 5) is 14.3. The number of fused-ring (bicyclic) bond motifs is 1. The van der Waals surface area contributed by atoms with E-state index in [1.165, 1.54) is 11.1 Å². The van der Waals surface area contributed by atoms with Crippen LogP contribution in [0.3, 0.4) is 0 Å². The highest BCUT2D eigenvalue weighted by Gasteiger charge is 2.23. The van der Waals surface area contributed by atoms with Gasteiger partial charge in [-0.3, -0.25) is 10.00 Å². The minimum absolute atomic E-state index is 0.0852. The van der Waals surface area contributed by atoms with Gasteiger partial charge in [0.2, 0.25) is 0 Å². The van der Waals surface area contributed by atoms with Gasteiger partial charge in [0, 0.05) is 18.8 Å². The molecule has 3 rings (SSSR count). The largest absolute Gasteiger partial charge is 0.331 e. The van der Waals surface area contributed by atoms with E-state index < -0.39 is 0 Å². The van der Waals surface area contributed by atoms with Crippen LogP contribution in [0, 0.1) is 0 Å². The summed E-state index contributed by atoms with van der Waals surface area (Å²) >= 11 is 0. The lowest BCUT2D eigenvalue weighted by molar-refractivity contribution is 0.248. The van der Waals surface area contributed by atoms with E-state index in [2.05, 4.69) is 32.8 Å². The standard InChI is InChI=1S/C17H23N5O/c1-21(2)11-12-22-10-9-16(20-22)19-17(23)18-15-8-7-13-5-3-4-6-14(13)15/h3-6,9-10,15H,7-8,11-12H2,1-2H3,(H2,18,19,20,23). The number of benzene rings is 1. The van der Waals surface area contributed by atoms with Gasteiger partial charge in [-0.2, -0.15) is 5.10 Å². The van der Waals surface area contributed by atoms with E-state index in [0.29, 0.717) is 5.82 Å². The number of rotatable bonds is 5. The van der Waals surface area contributed by atoms with Crippen LogP contribution in [0.4, 0.5) is 10.6 Å². The summed E-state index contributed by atoms with van der Waals surface area (Å²) in [5, 5.41) is 10.2. The fourth-order valence-corrected chi connectivity index (χ4v) is 2.87. The van der Waals surface area contributed by atoms with Gasteiger partial charge < -0.3 is 10.2 Å². The molecule has 23 heavy (non-hydrogen) atoms. The highest BCUT2D eigenvalue weighted by molar-refractivity contribution is 5.88. The van der Waals surface area contributed by atoms with Gasteiger partial charge in [0.1, 0.15) is 0 Å². The molecule has 2 amide bonds. The highest BCUT2D eigenvalue weighted by atomic mass is 16.2. The number of likely N-dealkylation sites (N-methyl/N-ethyl adjacent to an activating group) is 1. The zero-order valence-electron chi connectivity index (χ0n) is 13.6. The molecule has 1 atom stereocenters. The lowest BCUT2D eigenvalue weighted by atomic mass is 10.1. The first kappa shape index (κ1) is 15.6. The molecule has 0 radical (unpaired) electrons. The highest BCUT2D eigenvalue weighted by Crippen LogP contribution is 2.30. The number of nitrogens with one attached hydrogen (secondary N) is 2. The molecule has 1 aromatic carbocycles. The number of aromatic nitrogens is 2. The number of urea groups is 1. The Bertz CT molecular complexity index is 679. The van der Waals surface area contributed by atoms with E-state index in [9.17, 15) is 4.79 Å². The van der Waals surface area contributed by atoms with Crippen LogP contribution in [0.15, 0.2) is 36.5 Å². The predicted molar refractivity (Wildman–Crippen MR) is 90.4 cm³/mol. The number of aryl methyl sites for hydroxylation is 1. The van der Waals surface area contributed by atoms with Crippen molar-refractivity contribution in [2.24, 2.45) is 0 Å². The Kier molecular flexibility index (Phi) is 4.62. The number of anilines is 1. The summed E-state index contributed by atoms with van der Waals surface area (Å²) in [5.41, 5.74) is 2.55. The maximum atomic E-state index is 12.2. The Morgan fingerprint density at radius 2 is 2.17 bits per heavy atom. The first-order valence-electron chi connectivity index (χ1n) is 7.95. The summed E-state index contributed by atoms with van der Waals surface area (Å²) in [5.74, 6) is 0.576. The topological polar surface area (TPSA) is 62.2 Å². The summed E-state index contributed by atoms with van der Waals surface area (Å²) < 4.78 is 1.83. The minimum Gasteiger partial charge on any atom is -0.331 e. The molecule has 0 spiro atoms. The summed E-state index contributed by atoms with van der Waals surface area (Å²) in [7, 11) is 4.05. The first-order valence-corrected chi connectivity index (χ1v) is 7.95. The minimum atomic E-state index is -0.204. The van der Waals surface area contributed by atoms with Crippen LogP contribution in [-0.2, 0) is 13.0 Å². The van der Waals surface area contributed by atoms with Gasteiger partial charge in [-0.05, 0) is 38.1 Å². The molecule has 0 fully saturated rings. The molecule has 0 saturated carbocycles. The molecule has 0 aliphatic heterocycles. The number of hydrogen-bond acceptors (Lipinski definition) is 3. The molecule has 0 saturated heterocycles. The van der Waals surface area contributed by atoms with E-state index in [1.807, 2.05) is 43.2 Å². The number of carbonyl (C=O) groups excluding carboxylic acids is 1. The van der Waals surface area contributed by atoms with E-state index in [4.69, 9.17) is 0 Å². The molecular weight excluding hydrogens is 290 g/mol. The van der Waals surface area contributed by atoms with E-state index in [1.54, 1.807) is 0 Å². The maximum Gasteiger partial charge on any atom is 0.320 e. The zero-order chi connectivity index (χ0) is 16.2. The van der Waals surface area contributed by atoms with Crippen LogP contribution < -0.4 is 10.6 Å². The SMILES string of the molecule is CN(C)CCn1ccc(NC(=O)NC2CCc3ccccc32)n1. The zero-order valence-corrected chi connectivity index (χ0v) is 13.6. The van der Waals surface area contributed by atoms with E-state index in [-0.39, 0.29) is 12.1 Å². The molecule has 122 valence electrons. The second-order valence-corrected chi connectivity index (χ2v) is 6.16. The third-order valence-corrected chi connectivity index (χ3v) is 4.10. The smallest absolute Gasteiger partial charge is 0.320 e. The Hall–Kier alpha value is -2.34. The van der Waals surface area contributed by atoms with Crippen LogP contribution in [0.1, 0.15) is 23.6 Å². The summed E-state index contributed by atoms with van der Waals surface area (Å²) in [6.45, 7) is 1.71. The van der Waals surface area contributed by atoms with Crippen LogP contribution >= 0.6 is 0 Å². The second-order valence-electron chi connectivity index (χ2n) is 6.16. The van der Waals surface area contributed by atoms with Crippen LogP contribution in [0.5, 0.6) is 0 Å². The van der Waals surface area contributed by atoms with Crippen molar-refractivity contribution in [2.75, 3.05) is 26.0 Å². The number of hydrogen-bond donors (Lipinski definition) is 2. The van der Waals surface area contributed by atoms with Crippen molar-refractivity contribution >= 4 is 11.8 Å². The Balaban J connectivity index is 1.54. The number of nitrogens with zero attached hydrogens (tertiary/aromatic N) is 3. The second kappa shape index (κ2) is 6.83. The third kappa shape index (κ3) is 3.90. The van der Waals surface area contributed by atoms with E-state index >= 15 is 0 Å².